The van der Waals surface area contributed by atoms with Gasteiger partial charge in [0.25, 0.3) is 5.91 Å². The summed E-state index contributed by atoms with van der Waals surface area (Å²) in [6.45, 7) is -1.35. The fourth-order valence-electron chi connectivity index (χ4n) is 2.42. The largest absolute Gasteiger partial charge is 0.495 e. The lowest BCUT2D eigenvalue weighted by Crippen LogP contribution is -2.19. The van der Waals surface area contributed by atoms with Gasteiger partial charge in [0.05, 0.1) is 43.2 Å². The van der Waals surface area contributed by atoms with E-state index in [1.165, 1.54) is 44.0 Å². The number of carbonyl (C=O) groups is 1. The average molecular weight is 432 g/mol. The number of hydrogen-bond donors (Lipinski definition) is 1. The maximum atomic E-state index is 13.7. The van der Waals surface area contributed by atoms with E-state index in [9.17, 15) is 18.0 Å². The summed E-state index contributed by atoms with van der Waals surface area (Å²) in [7, 11) is 1.40. The highest BCUT2D eigenvalue weighted by molar-refractivity contribution is 5.93. The molecule has 0 aromatic carbocycles. The minimum absolute atomic E-state index is 0.00675. The van der Waals surface area contributed by atoms with Crippen molar-refractivity contribution in [3.05, 3.63) is 59.7 Å². The molecule has 12 heteroatoms. The second kappa shape index (κ2) is 9.61. The highest BCUT2D eigenvalue weighted by Gasteiger charge is 2.13. The van der Waals surface area contributed by atoms with Crippen LogP contribution in [-0.2, 0) is 0 Å². The van der Waals surface area contributed by atoms with Crippen LogP contribution in [0.4, 0.5) is 13.2 Å². The number of nitrogens with zero attached hydrogens (tertiary/aromatic N) is 5. The van der Waals surface area contributed by atoms with Gasteiger partial charge in [-0.05, 0) is 18.6 Å². The van der Waals surface area contributed by atoms with Gasteiger partial charge in [-0.2, -0.15) is 18.3 Å². The van der Waals surface area contributed by atoms with Crippen molar-refractivity contribution in [2.24, 2.45) is 5.10 Å². The van der Waals surface area contributed by atoms with Crippen molar-refractivity contribution in [2.45, 2.75) is 13.5 Å². The lowest BCUT2D eigenvalue weighted by Gasteiger charge is -2.08. The maximum absolute atomic E-state index is 13.7. The molecule has 160 valence electrons. The van der Waals surface area contributed by atoms with Crippen LogP contribution in [0.15, 0.2) is 42.0 Å². The number of rotatable bonds is 7. The number of carbonyl (C=O) groups excluding carboxylic acids is 1. The molecule has 3 heterocycles. The van der Waals surface area contributed by atoms with E-state index in [1.54, 1.807) is 6.92 Å². The molecule has 0 unspecified atom stereocenters. The number of aryl methyl sites for hydroxylation is 1. The standard InChI is InChI=1S/C19H15F3N6O3/c1-10-3-16(31-19(21)22)24-7-13(10)14-8-23-9-15(27-14)18(29)28-26-5-11-4-12(30-2)6-25-17(11)20/h3-9,19H,1-2H3,(H,28,29)/b26-5+. The number of methoxy groups -OCH3 is 1. The highest BCUT2D eigenvalue weighted by atomic mass is 19.3. The molecule has 9 nitrogen and oxygen atoms in total. The van der Waals surface area contributed by atoms with Crippen LogP contribution in [-0.4, -0.2) is 45.8 Å². The first-order valence-corrected chi connectivity index (χ1v) is 8.64. The number of nitrogens with one attached hydrogen (secondary N) is 1. The highest BCUT2D eigenvalue weighted by Crippen LogP contribution is 2.23. The number of pyridine rings is 2. The number of hydrazone groups is 1. The topological polar surface area (TPSA) is 111 Å². The Kier molecular flexibility index (Phi) is 6.70. The summed E-state index contributed by atoms with van der Waals surface area (Å²) < 4.78 is 47.5. The molecule has 0 saturated carbocycles. The summed E-state index contributed by atoms with van der Waals surface area (Å²) in [6.07, 6.45) is 6.15. The molecular formula is C19H15F3N6O3. The number of amides is 1. The lowest BCUT2D eigenvalue weighted by atomic mass is 10.1. The van der Waals surface area contributed by atoms with Crippen molar-refractivity contribution in [2.75, 3.05) is 7.11 Å². The zero-order chi connectivity index (χ0) is 22.4. The molecule has 1 N–H and O–H groups in total. The quantitative estimate of drug-likeness (QED) is 0.347. The SMILES string of the molecule is COc1cnc(F)c(/C=N/NC(=O)c2cncc(-c3cnc(OC(F)F)cc3C)n2)c1. The third-order valence-corrected chi connectivity index (χ3v) is 3.89. The maximum Gasteiger partial charge on any atom is 0.388 e. The van der Waals surface area contributed by atoms with Crippen molar-refractivity contribution >= 4 is 12.1 Å². The lowest BCUT2D eigenvalue weighted by molar-refractivity contribution is -0.0528. The first-order valence-electron chi connectivity index (χ1n) is 8.64. The van der Waals surface area contributed by atoms with Crippen molar-refractivity contribution < 1.29 is 27.4 Å². The summed E-state index contributed by atoms with van der Waals surface area (Å²) in [5, 5.41) is 3.69. The van der Waals surface area contributed by atoms with Gasteiger partial charge in [-0.15, -0.1) is 0 Å². The molecule has 0 aliphatic heterocycles. The zero-order valence-corrected chi connectivity index (χ0v) is 16.2. The van der Waals surface area contributed by atoms with E-state index in [4.69, 9.17) is 4.74 Å². The molecule has 0 bridgehead atoms. The van der Waals surface area contributed by atoms with E-state index in [1.807, 2.05) is 0 Å². The number of alkyl halides is 2. The van der Waals surface area contributed by atoms with Crippen LogP contribution in [0, 0.1) is 12.9 Å². The third-order valence-electron chi connectivity index (χ3n) is 3.89. The van der Waals surface area contributed by atoms with Crippen LogP contribution in [0.5, 0.6) is 11.6 Å². The molecule has 0 atom stereocenters. The van der Waals surface area contributed by atoms with Gasteiger partial charge in [0.2, 0.25) is 11.8 Å². The van der Waals surface area contributed by atoms with Crippen molar-refractivity contribution in [3.8, 4) is 22.9 Å². The van der Waals surface area contributed by atoms with E-state index in [0.29, 0.717) is 16.9 Å². The second-order valence-corrected chi connectivity index (χ2v) is 5.96. The van der Waals surface area contributed by atoms with Gasteiger partial charge < -0.3 is 9.47 Å². The summed E-state index contributed by atoms with van der Waals surface area (Å²) in [5.41, 5.74) is 3.43. The van der Waals surface area contributed by atoms with Crippen LogP contribution in [0.3, 0.4) is 0 Å². The Bertz CT molecular complexity index is 1130. The van der Waals surface area contributed by atoms with Crippen LogP contribution in [0.2, 0.25) is 0 Å². The summed E-state index contributed by atoms with van der Waals surface area (Å²) >= 11 is 0. The molecule has 0 aliphatic carbocycles. The Hall–Kier alpha value is -4.09. The Morgan fingerprint density at radius 1 is 1.19 bits per heavy atom. The summed E-state index contributed by atoms with van der Waals surface area (Å²) in [6, 6.07) is 2.67. The molecule has 0 saturated heterocycles. The molecule has 3 rings (SSSR count). The van der Waals surface area contributed by atoms with Crippen molar-refractivity contribution in [1.29, 1.82) is 0 Å². The molecule has 0 radical (unpaired) electrons. The van der Waals surface area contributed by atoms with Gasteiger partial charge in [-0.25, -0.2) is 20.4 Å². The smallest absolute Gasteiger partial charge is 0.388 e. The van der Waals surface area contributed by atoms with Gasteiger partial charge in [0.15, 0.2) is 0 Å². The molecule has 1 amide bonds. The number of halogens is 3. The van der Waals surface area contributed by atoms with Crippen molar-refractivity contribution in [3.63, 3.8) is 0 Å². The first-order chi connectivity index (χ1) is 14.9. The Balaban J connectivity index is 1.75. The third kappa shape index (κ3) is 5.50. The first kappa shape index (κ1) is 21.6. The van der Waals surface area contributed by atoms with Crippen LogP contribution in [0.25, 0.3) is 11.3 Å². The fraction of sp³-hybridized carbons (Fsp3) is 0.158. The monoisotopic (exact) mass is 432 g/mol. The fourth-order valence-corrected chi connectivity index (χ4v) is 2.42. The predicted molar refractivity (Wildman–Crippen MR) is 102 cm³/mol. The zero-order valence-electron chi connectivity index (χ0n) is 16.2. The summed E-state index contributed by atoms with van der Waals surface area (Å²) in [4.78, 5) is 27.7. The van der Waals surface area contributed by atoms with Crippen molar-refractivity contribution in [1.82, 2.24) is 25.4 Å². The summed E-state index contributed by atoms with van der Waals surface area (Å²) in [5.74, 6) is -1.42. The minimum atomic E-state index is -2.99. The van der Waals surface area contributed by atoms with Crippen LogP contribution < -0.4 is 14.9 Å². The number of hydrogen-bond acceptors (Lipinski definition) is 8. The normalized spacial score (nSPS) is 11.0. The van der Waals surface area contributed by atoms with Gasteiger partial charge in [-0.1, -0.05) is 0 Å². The Morgan fingerprint density at radius 3 is 2.71 bits per heavy atom. The number of aromatic nitrogens is 4. The van der Waals surface area contributed by atoms with Gasteiger partial charge in [0.1, 0.15) is 11.4 Å². The Morgan fingerprint density at radius 2 is 2.00 bits per heavy atom. The van der Waals surface area contributed by atoms with E-state index in [0.717, 1.165) is 6.21 Å². The predicted octanol–water partition coefficient (Wildman–Crippen LogP) is 2.76. The molecule has 3 aromatic heterocycles. The molecule has 0 fully saturated rings. The average Bonchev–Trinajstić information content (AvgIpc) is 2.74. The van der Waals surface area contributed by atoms with Gasteiger partial charge in [0, 0.05) is 17.8 Å². The molecular weight excluding hydrogens is 417 g/mol. The second-order valence-electron chi connectivity index (χ2n) is 5.96. The number of ether oxygens (including phenoxy) is 2. The molecule has 0 aliphatic rings. The van der Waals surface area contributed by atoms with Crippen LogP contribution >= 0.6 is 0 Å². The molecule has 0 spiro atoms. The molecule has 31 heavy (non-hydrogen) atoms. The van der Waals surface area contributed by atoms with E-state index in [2.05, 4.69) is 35.2 Å². The minimum Gasteiger partial charge on any atom is -0.495 e. The van der Waals surface area contributed by atoms with E-state index >= 15 is 0 Å². The van der Waals surface area contributed by atoms with E-state index < -0.39 is 18.5 Å². The Labute approximate surface area is 174 Å². The van der Waals surface area contributed by atoms with Gasteiger partial charge >= 0.3 is 6.61 Å². The van der Waals surface area contributed by atoms with Gasteiger partial charge in [-0.3, -0.25) is 9.78 Å². The van der Waals surface area contributed by atoms with Crippen LogP contribution in [0.1, 0.15) is 21.6 Å². The molecule has 3 aromatic rings. The van der Waals surface area contributed by atoms with E-state index in [-0.39, 0.29) is 22.8 Å².